The summed E-state index contributed by atoms with van der Waals surface area (Å²) in [6.07, 6.45) is 8.35. The van der Waals surface area contributed by atoms with Gasteiger partial charge in [0.15, 0.2) is 16.2 Å². The molecule has 0 aromatic heterocycles. The lowest BCUT2D eigenvalue weighted by Gasteiger charge is -2.49. The second-order valence-electron chi connectivity index (χ2n) is 10.6. The largest absolute Gasteiger partial charge is 0.361 e. The van der Waals surface area contributed by atoms with E-state index in [1.165, 1.54) is 31.1 Å². The van der Waals surface area contributed by atoms with Gasteiger partial charge in [-0.15, -0.1) is 0 Å². The van der Waals surface area contributed by atoms with E-state index in [1.54, 1.807) is 12.1 Å². The van der Waals surface area contributed by atoms with Crippen molar-refractivity contribution in [1.82, 2.24) is 10.2 Å². The standard InChI is InChI=1S/C27H37N3O3S/c1-28-27(22-9-4-3-5-10-22)17-15-26(16-18-27)20-29(25(31)30(26)19-21-7-6-8-21)23-11-13-24(14-12-23)34(2,32)33/h3-5,9-14,21,25,28,31H,6-8,15-20H2,1-2H3. The van der Waals surface area contributed by atoms with Gasteiger partial charge < -0.3 is 15.3 Å². The Balaban J connectivity index is 1.42. The van der Waals surface area contributed by atoms with Crippen LogP contribution in [0.15, 0.2) is 59.5 Å². The predicted molar refractivity (Wildman–Crippen MR) is 135 cm³/mol. The van der Waals surface area contributed by atoms with E-state index in [1.807, 2.05) is 12.1 Å². The molecule has 1 aliphatic heterocycles. The lowest BCUT2D eigenvalue weighted by atomic mass is 9.68. The van der Waals surface area contributed by atoms with Gasteiger partial charge in [-0.2, -0.15) is 0 Å². The van der Waals surface area contributed by atoms with Crippen LogP contribution in [0.3, 0.4) is 0 Å². The quantitative estimate of drug-likeness (QED) is 0.653. The summed E-state index contributed by atoms with van der Waals surface area (Å²) in [5.74, 6) is 0.657. The molecular weight excluding hydrogens is 446 g/mol. The Morgan fingerprint density at radius 2 is 1.65 bits per heavy atom. The van der Waals surface area contributed by atoms with E-state index in [9.17, 15) is 13.5 Å². The second-order valence-corrected chi connectivity index (χ2v) is 12.6. The molecule has 5 rings (SSSR count). The molecule has 2 saturated carbocycles. The average molecular weight is 484 g/mol. The molecule has 34 heavy (non-hydrogen) atoms. The highest BCUT2D eigenvalue weighted by Gasteiger charge is 2.54. The van der Waals surface area contributed by atoms with Crippen LogP contribution in [-0.2, 0) is 15.4 Å². The third kappa shape index (κ3) is 4.17. The summed E-state index contributed by atoms with van der Waals surface area (Å²) in [6, 6.07) is 17.7. The zero-order valence-electron chi connectivity index (χ0n) is 20.3. The van der Waals surface area contributed by atoms with Crippen molar-refractivity contribution in [2.24, 2.45) is 5.92 Å². The van der Waals surface area contributed by atoms with Gasteiger partial charge >= 0.3 is 0 Å². The van der Waals surface area contributed by atoms with Gasteiger partial charge in [-0.1, -0.05) is 36.8 Å². The van der Waals surface area contributed by atoms with Crippen molar-refractivity contribution >= 4 is 15.5 Å². The van der Waals surface area contributed by atoms with Gasteiger partial charge in [-0.05, 0) is 81.3 Å². The minimum atomic E-state index is -3.25. The van der Waals surface area contributed by atoms with Crippen LogP contribution in [0.5, 0.6) is 0 Å². The van der Waals surface area contributed by atoms with E-state index in [-0.39, 0.29) is 11.1 Å². The van der Waals surface area contributed by atoms with Crippen LogP contribution in [0.25, 0.3) is 0 Å². The topological polar surface area (TPSA) is 72.9 Å². The number of hydrogen-bond donors (Lipinski definition) is 2. The second kappa shape index (κ2) is 8.94. The normalized spacial score (nSPS) is 30.6. The van der Waals surface area contributed by atoms with Gasteiger partial charge in [0.25, 0.3) is 0 Å². The maximum atomic E-state index is 11.9. The summed E-state index contributed by atoms with van der Waals surface area (Å²) in [4.78, 5) is 4.75. The number of aliphatic hydroxyl groups excluding tert-OH is 1. The van der Waals surface area contributed by atoms with E-state index in [0.29, 0.717) is 10.8 Å². The fourth-order valence-corrected chi connectivity index (χ4v) is 6.91. The van der Waals surface area contributed by atoms with Crippen molar-refractivity contribution < 1.29 is 13.5 Å². The van der Waals surface area contributed by atoms with Gasteiger partial charge in [-0.25, -0.2) is 8.42 Å². The molecule has 3 aliphatic rings. The van der Waals surface area contributed by atoms with Crippen LogP contribution in [0.1, 0.15) is 50.5 Å². The van der Waals surface area contributed by atoms with Crippen molar-refractivity contribution in [3.8, 4) is 0 Å². The summed E-state index contributed by atoms with van der Waals surface area (Å²) < 4.78 is 23.8. The average Bonchev–Trinajstić information content (AvgIpc) is 3.08. The smallest absolute Gasteiger partial charge is 0.187 e. The summed E-state index contributed by atoms with van der Waals surface area (Å²) in [7, 11) is -1.18. The van der Waals surface area contributed by atoms with Crippen molar-refractivity contribution in [3.05, 3.63) is 60.2 Å². The molecule has 1 saturated heterocycles. The SMILES string of the molecule is CNC1(c2ccccc2)CCC2(CC1)CN(c1ccc(S(C)(=O)=O)cc1)C(O)N2CC1CCC1. The number of hydrogen-bond acceptors (Lipinski definition) is 6. The maximum Gasteiger partial charge on any atom is 0.187 e. The molecule has 1 heterocycles. The number of nitrogens with zero attached hydrogens (tertiary/aromatic N) is 2. The van der Waals surface area contributed by atoms with Crippen LogP contribution in [0, 0.1) is 5.92 Å². The highest BCUT2D eigenvalue weighted by atomic mass is 32.2. The summed E-state index contributed by atoms with van der Waals surface area (Å²) in [6.45, 7) is 1.69. The first kappa shape index (κ1) is 23.8. The molecular formula is C27H37N3O3S. The minimum Gasteiger partial charge on any atom is -0.361 e. The number of aliphatic hydroxyl groups is 1. The molecule has 2 aromatic carbocycles. The number of anilines is 1. The van der Waals surface area contributed by atoms with Crippen LogP contribution >= 0.6 is 0 Å². The highest BCUT2D eigenvalue weighted by molar-refractivity contribution is 7.90. The first-order valence-electron chi connectivity index (χ1n) is 12.5. The van der Waals surface area contributed by atoms with Gasteiger partial charge in [0.1, 0.15) is 0 Å². The summed E-state index contributed by atoms with van der Waals surface area (Å²) >= 11 is 0. The molecule has 0 bridgehead atoms. The number of sulfone groups is 1. The van der Waals surface area contributed by atoms with E-state index in [2.05, 4.69) is 52.5 Å². The molecule has 184 valence electrons. The van der Waals surface area contributed by atoms with E-state index < -0.39 is 16.2 Å². The van der Waals surface area contributed by atoms with Crippen LogP contribution < -0.4 is 10.2 Å². The lowest BCUT2D eigenvalue weighted by Crippen LogP contribution is -2.57. The minimum absolute atomic E-state index is 0.0375. The van der Waals surface area contributed by atoms with Gasteiger partial charge in [-0.3, -0.25) is 4.90 Å². The Morgan fingerprint density at radius 1 is 1.00 bits per heavy atom. The summed E-state index contributed by atoms with van der Waals surface area (Å²) in [5, 5.41) is 15.2. The fraction of sp³-hybridized carbons (Fsp3) is 0.556. The zero-order valence-corrected chi connectivity index (χ0v) is 21.1. The van der Waals surface area contributed by atoms with Crippen molar-refractivity contribution in [2.45, 2.75) is 67.3 Å². The first-order valence-corrected chi connectivity index (χ1v) is 14.4. The third-order valence-corrected chi connectivity index (χ3v) is 9.88. The molecule has 2 N–H and O–H groups in total. The van der Waals surface area contributed by atoms with Crippen molar-refractivity contribution in [1.29, 1.82) is 0 Å². The van der Waals surface area contributed by atoms with Crippen molar-refractivity contribution in [3.63, 3.8) is 0 Å². The Morgan fingerprint density at radius 3 is 2.18 bits per heavy atom. The molecule has 2 aliphatic carbocycles. The Labute approximate surface area is 203 Å². The first-order chi connectivity index (χ1) is 16.3. The molecule has 6 nitrogen and oxygen atoms in total. The molecule has 0 amide bonds. The lowest BCUT2D eigenvalue weighted by molar-refractivity contribution is -0.0562. The molecule has 0 radical (unpaired) electrons. The van der Waals surface area contributed by atoms with Crippen LogP contribution in [0.2, 0.25) is 0 Å². The van der Waals surface area contributed by atoms with E-state index in [0.717, 1.165) is 44.5 Å². The maximum absolute atomic E-state index is 11.9. The summed E-state index contributed by atoms with van der Waals surface area (Å²) in [5.41, 5.74) is 2.10. The number of benzene rings is 2. The monoisotopic (exact) mass is 483 g/mol. The molecule has 1 spiro atoms. The van der Waals surface area contributed by atoms with Gasteiger partial charge in [0, 0.05) is 36.1 Å². The Kier molecular flexibility index (Phi) is 6.25. The van der Waals surface area contributed by atoms with E-state index in [4.69, 9.17) is 0 Å². The molecule has 1 unspecified atom stereocenters. The van der Waals surface area contributed by atoms with E-state index >= 15 is 0 Å². The van der Waals surface area contributed by atoms with Gasteiger partial charge in [0.2, 0.25) is 0 Å². The molecule has 3 fully saturated rings. The predicted octanol–water partition coefficient (Wildman–Crippen LogP) is 3.72. The fourth-order valence-electron chi connectivity index (χ4n) is 6.28. The molecule has 1 atom stereocenters. The molecule has 7 heteroatoms. The third-order valence-electron chi connectivity index (χ3n) is 8.75. The number of rotatable bonds is 6. The zero-order chi connectivity index (χ0) is 24.0. The van der Waals surface area contributed by atoms with Crippen LogP contribution in [-0.4, -0.2) is 56.7 Å². The highest BCUT2D eigenvalue weighted by Crippen LogP contribution is 2.49. The Hall–Kier alpha value is -1.93. The Bertz CT molecular complexity index is 1090. The van der Waals surface area contributed by atoms with Crippen LogP contribution in [0.4, 0.5) is 5.69 Å². The van der Waals surface area contributed by atoms with Gasteiger partial charge in [0.05, 0.1) is 4.90 Å². The number of nitrogens with one attached hydrogen (secondary N) is 1. The van der Waals surface area contributed by atoms with Crippen molar-refractivity contribution in [2.75, 3.05) is 31.3 Å². The molecule has 2 aromatic rings.